The number of hydrogen-bond acceptors (Lipinski definition) is 4. The number of benzene rings is 2. The van der Waals surface area contributed by atoms with Gasteiger partial charge in [0.2, 0.25) is 0 Å². The van der Waals surface area contributed by atoms with Gasteiger partial charge in [0.05, 0.1) is 23.0 Å². The number of furan rings is 1. The number of amides is 1. The first-order valence-corrected chi connectivity index (χ1v) is 9.74. The summed E-state index contributed by atoms with van der Waals surface area (Å²) in [6, 6.07) is 19.6. The summed E-state index contributed by atoms with van der Waals surface area (Å²) in [6.45, 7) is 4.75. The Kier molecular flexibility index (Phi) is 4.77. The van der Waals surface area contributed by atoms with E-state index in [1.807, 2.05) is 30.3 Å². The maximum absolute atomic E-state index is 13.1. The molecule has 0 aliphatic heterocycles. The van der Waals surface area contributed by atoms with E-state index in [9.17, 15) is 4.79 Å². The minimum atomic E-state index is -0.186. The van der Waals surface area contributed by atoms with E-state index in [4.69, 9.17) is 9.40 Å². The van der Waals surface area contributed by atoms with Crippen molar-refractivity contribution in [2.45, 2.75) is 26.3 Å². The summed E-state index contributed by atoms with van der Waals surface area (Å²) < 4.78 is 6.44. The number of anilines is 1. The lowest BCUT2D eigenvalue weighted by atomic mass is 10.0. The molecule has 5 heteroatoms. The van der Waals surface area contributed by atoms with E-state index >= 15 is 0 Å². The molecule has 4 nitrogen and oxygen atoms in total. The van der Waals surface area contributed by atoms with E-state index in [1.54, 1.807) is 17.0 Å². The number of aromatic nitrogens is 1. The van der Waals surface area contributed by atoms with E-state index in [-0.39, 0.29) is 5.91 Å². The fraction of sp³-hybridized carbons (Fsp3) is 0.182. The minimum Gasteiger partial charge on any atom is -0.459 e. The molecule has 2 heterocycles. The van der Waals surface area contributed by atoms with Crippen LogP contribution in [0.3, 0.4) is 0 Å². The molecule has 2 aromatic heterocycles. The molecule has 0 spiro atoms. The summed E-state index contributed by atoms with van der Waals surface area (Å²) >= 11 is 1.53. The van der Waals surface area contributed by atoms with E-state index in [2.05, 4.69) is 32.0 Å². The number of thiazole rings is 1. The Balaban J connectivity index is 1.79. The maximum Gasteiger partial charge on any atom is 0.296 e. The zero-order chi connectivity index (χ0) is 18.8. The molecule has 0 N–H and O–H groups in total. The smallest absolute Gasteiger partial charge is 0.296 e. The Morgan fingerprint density at radius 3 is 2.59 bits per heavy atom. The van der Waals surface area contributed by atoms with Gasteiger partial charge in [0.15, 0.2) is 10.9 Å². The average molecular weight is 376 g/mol. The van der Waals surface area contributed by atoms with Crippen LogP contribution in [0.1, 0.15) is 41.4 Å². The SMILES string of the molecule is CC(C)c1cccc2sc(N(Cc3ccccc3)C(=O)c3ccco3)nc12. The van der Waals surface area contributed by atoms with Crippen molar-refractivity contribution in [3.8, 4) is 0 Å². The van der Waals surface area contributed by atoms with Crippen molar-refractivity contribution in [2.24, 2.45) is 0 Å². The zero-order valence-corrected chi connectivity index (χ0v) is 16.1. The highest BCUT2D eigenvalue weighted by molar-refractivity contribution is 7.22. The Morgan fingerprint density at radius 1 is 1.07 bits per heavy atom. The number of hydrogen-bond donors (Lipinski definition) is 0. The highest BCUT2D eigenvalue weighted by atomic mass is 32.1. The predicted molar refractivity (Wildman–Crippen MR) is 109 cm³/mol. The Hall–Kier alpha value is -2.92. The van der Waals surface area contributed by atoms with Crippen molar-refractivity contribution in [2.75, 3.05) is 4.90 Å². The molecule has 0 aliphatic carbocycles. The first-order valence-electron chi connectivity index (χ1n) is 8.92. The summed E-state index contributed by atoms with van der Waals surface area (Å²) in [5, 5.41) is 0.684. The van der Waals surface area contributed by atoms with Crippen LogP contribution in [0.5, 0.6) is 0 Å². The molecule has 4 aromatic rings. The van der Waals surface area contributed by atoms with Gasteiger partial charge in [-0.05, 0) is 35.2 Å². The van der Waals surface area contributed by atoms with E-state index in [1.165, 1.54) is 23.2 Å². The van der Waals surface area contributed by atoms with Gasteiger partial charge in [-0.15, -0.1) is 0 Å². The molecule has 0 radical (unpaired) electrons. The summed E-state index contributed by atoms with van der Waals surface area (Å²) in [5.74, 6) is 0.496. The van der Waals surface area contributed by atoms with Crippen LogP contribution < -0.4 is 4.90 Å². The van der Waals surface area contributed by atoms with Crippen molar-refractivity contribution in [1.82, 2.24) is 4.98 Å². The Morgan fingerprint density at radius 2 is 1.89 bits per heavy atom. The summed E-state index contributed by atoms with van der Waals surface area (Å²) in [5.41, 5.74) is 3.21. The molecule has 0 bridgehead atoms. The Bertz CT molecular complexity index is 1050. The van der Waals surface area contributed by atoms with Crippen LogP contribution in [0.25, 0.3) is 10.2 Å². The molecular weight excluding hydrogens is 356 g/mol. The quantitative estimate of drug-likeness (QED) is 0.438. The third kappa shape index (κ3) is 3.51. The van der Waals surface area contributed by atoms with Crippen LogP contribution in [0.2, 0.25) is 0 Å². The van der Waals surface area contributed by atoms with Crippen LogP contribution in [0.4, 0.5) is 5.13 Å². The molecule has 0 atom stereocenters. The van der Waals surface area contributed by atoms with Crippen molar-refractivity contribution in [1.29, 1.82) is 0 Å². The molecule has 2 aromatic carbocycles. The number of carbonyl (C=O) groups excluding carboxylic acids is 1. The average Bonchev–Trinajstić information content (AvgIpc) is 3.35. The maximum atomic E-state index is 13.1. The first-order chi connectivity index (χ1) is 13.1. The molecule has 0 saturated heterocycles. The van der Waals surface area contributed by atoms with Gasteiger partial charge in [0, 0.05) is 0 Å². The first kappa shape index (κ1) is 17.5. The second-order valence-corrected chi connectivity index (χ2v) is 7.71. The highest BCUT2D eigenvalue weighted by Crippen LogP contribution is 2.34. The molecule has 0 aliphatic rings. The lowest BCUT2D eigenvalue weighted by molar-refractivity contribution is 0.0958. The molecule has 1 amide bonds. The van der Waals surface area contributed by atoms with Crippen LogP contribution in [0, 0.1) is 0 Å². The Labute approximate surface area is 162 Å². The van der Waals surface area contributed by atoms with Crippen LogP contribution in [-0.2, 0) is 6.54 Å². The summed E-state index contributed by atoms with van der Waals surface area (Å²) in [4.78, 5) is 19.6. The zero-order valence-electron chi connectivity index (χ0n) is 15.3. The van der Waals surface area contributed by atoms with Gasteiger partial charge in [0.25, 0.3) is 5.91 Å². The highest BCUT2D eigenvalue weighted by Gasteiger charge is 2.24. The van der Waals surface area contributed by atoms with Crippen LogP contribution >= 0.6 is 11.3 Å². The lowest BCUT2D eigenvalue weighted by Gasteiger charge is -2.18. The normalized spacial score (nSPS) is 11.2. The van der Waals surface area contributed by atoms with Gasteiger partial charge < -0.3 is 4.42 Å². The second kappa shape index (κ2) is 7.37. The third-order valence-corrected chi connectivity index (χ3v) is 5.50. The number of fused-ring (bicyclic) bond motifs is 1. The van der Waals surface area contributed by atoms with E-state index in [0.29, 0.717) is 23.4 Å². The van der Waals surface area contributed by atoms with Gasteiger partial charge in [0.1, 0.15) is 0 Å². The van der Waals surface area contributed by atoms with Crippen molar-refractivity contribution in [3.63, 3.8) is 0 Å². The minimum absolute atomic E-state index is 0.186. The standard InChI is InChI=1S/C22H20N2O2S/c1-15(2)17-10-6-12-19-20(17)23-22(27-19)24(14-16-8-4-3-5-9-16)21(25)18-11-7-13-26-18/h3-13,15H,14H2,1-2H3. The van der Waals surface area contributed by atoms with Gasteiger partial charge in [-0.2, -0.15) is 0 Å². The fourth-order valence-corrected chi connectivity index (χ4v) is 4.06. The molecule has 27 heavy (non-hydrogen) atoms. The fourth-order valence-electron chi connectivity index (χ4n) is 3.07. The van der Waals surface area contributed by atoms with Gasteiger partial charge in [-0.3, -0.25) is 9.69 Å². The van der Waals surface area contributed by atoms with Gasteiger partial charge in [-0.25, -0.2) is 4.98 Å². The van der Waals surface area contributed by atoms with Gasteiger partial charge >= 0.3 is 0 Å². The number of para-hydroxylation sites is 1. The largest absolute Gasteiger partial charge is 0.459 e. The topological polar surface area (TPSA) is 46.3 Å². The van der Waals surface area contributed by atoms with Gasteiger partial charge in [-0.1, -0.05) is 67.6 Å². The van der Waals surface area contributed by atoms with Crippen LogP contribution in [-0.4, -0.2) is 10.9 Å². The summed E-state index contributed by atoms with van der Waals surface area (Å²) in [6.07, 6.45) is 1.52. The molecular formula is C22H20N2O2S. The number of rotatable bonds is 5. The molecule has 4 rings (SSSR count). The van der Waals surface area contributed by atoms with E-state index in [0.717, 1.165) is 15.8 Å². The molecule has 136 valence electrons. The predicted octanol–water partition coefficient (Wildman–Crippen LogP) is 5.86. The lowest BCUT2D eigenvalue weighted by Crippen LogP contribution is -2.30. The molecule has 0 saturated carbocycles. The van der Waals surface area contributed by atoms with Crippen molar-refractivity contribution >= 4 is 32.6 Å². The number of nitrogens with zero attached hydrogens (tertiary/aromatic N) is 2. The summed E-state index contributed by atoms with van der Waals surface area (Å²) in [7, 11) is 0. The monoisotopic (exact) mass is 376 g/mol. The molecule has 0 unspecified atom stereocenters. The third-order valence-electron chi connectivity index (χ3n) is 4.45. The van der Waals surface area contributed by atoms with E-state index < -0.39 is 0 Å². The van der Waals surface area contributed by atoms with Crippen molar-refractivity contribution in [3.05, 3.63) is 83.8 Å². The van der Waals surface area contributed by atoms with Crippen LogP contribution in [0.15, 0.2) is 71.3 Å². The van der Waals surface area contributed by atoms with Crippen molar-refractivity contribution < 1.29 is 9.21 Å². The second-order valence-electron chi connectivity index (χ2n) is 6.70. The number of carbonyl (C=O) groups is 1. The molecule has 0 fully saturated rings.